The number of hydrogen-bond acceptors (Lipinski definition) is 2. The Kier molecular flexibility index (Phi) is 11.4. The van der Waals surface area contributed by atoms with E-state index in [2.05, 4.69) is 81.4 Å². The molecule has 0 aromatic heterocycles. The fourth-order valence-corrected chi connectivity index (χ4v) is 4.74. The second kappa shape index (κ2) is 14.7. The summed E-state index contributed by atoms with van der Waals surface area (Å²) >= 11 is 0. The lowest BCUT2D eigenvalue weighted by atomic mass is 9.91. The molecule has 0 bridgehead atoms. The van der Waals surface area contributed by atoms with Crippen LogP contribution in [0.3, 0.4) is 0 Å². The summed E-state index contributed by atoms with van der Waals surface area (Å²) in [5.41, 5.74) is 9.44. The van der Waals surface area contributed by atoms with Crippen LogP contribution in [0.15, 0.2) is 60.7 Å². The van der Waals surface area contributed by atoms with Gasteiger partial charge in [0, 0.05) is 6.61 Å². The molecule has 2 nitrogen and oxygen atoms in total. The van der Waals surface area contributed by atoms with Crippen LogP contribution >= 0.6 is 0 Å². The first kappa shape index (κ1) is 27.0. The summed E-state index contributed by atoms with van der Waals surface area (Å²) in [5, 5.41) is 9.00. The summed E-state index contributed by atoms with van der Waals surface area (Å²) in [6, 6.07) is 22.4. The Labute approximate surface area is 213 Å². The average Bonchev–Trinajstić information content (AvgIpc) is 2.90. The number of aryl methyl sites for hydroxylation is 4. The second-order valence-electron chi connectivity index (χ2n) is 9.61. The van der Waals surface area contributed by atoms with Crippen molar-refractivity contribution >= 4 is 0 Å². The number of ether oxygens (including phenoxy) is 1. The third-order valence-electron chi connectivity index (χ3n) is 6.92. The van der Waals surface area contributed by atoms with E-state index in [-0.39, 0.29) is 0 Å². The monoisotopic (exact) mass is 472 g/mol. The van der Waals surface area contributed by atoms with Crippen LogP contribution in [0.5, 0.6) is 5.75 Å². The molecule has 3 rings (SSSR count). The standard InChI is InChI=1S/C33H44O2/c1-4-7-9-12-26-14-16-28(17-15-26)25-35-31-19-21-33(30(6-3)24-31)32-20-18-27(23-29(32)5-2)13-10-8-11-22-34/h14-21,23-24,34H,4-13,22,25H2,1-3H3. The Morgan fingerprint density at radius 1 is 0.600 bits per heavy atom. The van der Waals surface area contributed by atoms with Crippen LogP contribution in [0.4, 0.5) is 0 Å². The van der Waals surface area contributed by atoms with E-state index >= 15 is 0 Å². The molecular formula is C33H44O2. The van der Waals surface area contributed by atoms with Crippen molar-refractivity contribution in [3.8, 4) is 16.9 Å². The lowest BCUT2D eigenvalue weighted by Gasteiger charge is -2.16. The molecule has 0 saturated heterocycles. The zero-order valence-corrected chi connectivity index (χ0v) is 22.1. The van der Waals surface area contributed by atoms with Gasteiger partial charge < -0.3 is 9.84 Å². The van der Waals surface area contributed by atoms with Gasteiger partial charge in [0.25, 0.3) is 0 Å². The maximum absolute atomic E-state index is 9.00. The molecular weight excluding hydrogens is 428 g/mol. The lowest BCUT2D eigenvalue weighted by Crippen LogP contribution is -1.99. The summed E-state index contributed by atoms with van der Waals surface area (Å²) in [5.74, 6) is 0.941. The minimum absolute atomic E-state index is 0.296. The first-order chi connectivity index (χ1) is 17.2. The van der Waals surface area contributed by atoms with Crippen molar-refractivity contribution in [1.29, 1.82) is 0 Å². The molecule has 3 aromatic carbocycles. The lowest BCUT2D eigenvalue weighted by molar-refractivity contribution is 0.283. The third-order valence-corrected chi connectivity index (χ3v) is 6.92. The first-order valence-corrected chi connectivity index (χ1v) is 13.7. The fraction of sp³-hybridized carbons (Fsp3) is 0.455. The van der Waals surface area contributed by atoms with Gasteiger partial charge in [-0.1, -0.05) is 88.6 Å². The quantitative estimate of drug-likeness (QED) is 0.225. The van der Waals surface area contributed by atoms with Gasteiger partial charge in [0.1, 0.15) is 12.4 Å². The smallest absolute Gasteiger partial charge is 0.120 e. The van der Waals surface area contributed by atoms with Crippen molar-refractivity contribution in [3.05, 3.63) is 88.5 Å². The van der Waals surface area contributed by atoms with E-state index in [9.17, 15) is 0 Å². The number of aliphatic hydroxyl groups is 1. The van der Waals surface area contributed by atoms with Gasteiger partial charge in [-0.3, -0.25) is 0 Å². The second-order valence-corrected chi connectivity index (χ2v) is 9.61. The molecule has 35 heavy (non-hydrogen) atoms. The molecule has 0 atom stereocenters. The molecule has 3 aromatic rings. The molecule has 0 saturated carbocycles. The summed E-state index contributed by atoms with van der Waals surface area (Å²) in [6.45, 7) is 7.61. The minimum Gasteiger partial charge on any atom is -0.489 e. The largest absolute Gasteiger partial charge is 0.489 e. The number of aliphatic hydroxyl groups excluding tert-OH is 1. The van der Waals surface area contributed by atoms with Gasteiger partial charge in [-0.05, 0) is 96.0 Å². The van der Waals surface area contributed by atoms with E-state index < -0.39 is 0 Å². The predicted molar refractivity (Wildman–Crippen MR) is 149 cm³/mol. The number of rotatable bonds is 15. The van der Waals surface area contributed by atoms with Crippen LogP contribution in [-0.2, 0) is 32.3 Å². The van der Waals surface area contributed by atoms with Crippen LogP contribution < -0.4 is 4.74 Å². The van der Waals surface area contributed by atoms with Crippen molar-refractivity contribution < 1.29 is 9.84 Å². The average molecular weight is 473 g/mol. The Morgan fingerprint density at radius 3 is 1.89 bits per heavy atom. The molecule has 0 radical (unpaired) electrons. The molecule has 0 spiro atoms. The molecule has 0 amide bonds. The highest BCUT2D eigenvalue weighted by molar-refractivity contribution is 5.72. The van der Waals surface area contributed by atoms with Crippen LogP contribution in [-0.4, -0.2) is 11.7 Å². The molecule has 1 N–H and O–H groups in total. The molecule has 0 aliphatic rings. The van der Waals surface area contributed by atoms with E-state index in [1.807, 2.05) is 0 Å². The normalized spacial score (nSPS) is 11.1. The molecule has 0 fully saturated rings. The number of benzene rings is 3. The minimum atomic E-state index is 0.296. The first-order valence-electron chi connectivity index (χ1n) is 13.7. The maximum atomic E-state index is 9.00. The van der Waals surface area contributed by atoms with E-state index in [1.165, 1.54) is 64.6 Å². The van der Waals surface area contributed by atoms with E-state index in [1.54, 1.807) is 0 Å². The van der Waals surface area contributed by atoms with Crippen molar-refractivity contribution in [2.24, 2.45) is 0 Å². The van der Waals surface area contributed by atoms with Crippen LogP contribution in [0, 0.1) is 0 Å². The van der Waals surface area contributed by atoms with Crippen LogP contribution in [0.25, 0.3) is 11.1 Å². The summed E-state index contributed by atoms with van der Waals surface area (Å²) in [7, 11) is 0. The van der Waals surface area contributed by atoms with Gasteiger partial charge in [-0.25, -0.2) is 0 Å². The fourth-order valence-electron chi connectivity index (χ4n) is 4.74. The van der Waals surface area contributed by atoms with Crippen molar-refractivity contribution in [1.82, 2.24) is 0 Å². The van der Waals surface area contributed by atoms with Crippen molar-refractivity contribution in [2.45, 2.75) is 91.6 Å². The van der Waals surface area contributed by atoms with Gasteiger partial charge >= 0.3 is 0 Å². The predicted octanol–water partition coefficient (Wildman–Crippen LogP) is 8.50. The Bertz CT molecular complexity index is 1020. The summed E-state index contributed by atoms with van der Waals surface area (Å²) in [6.07, 6.45) is 11.2. The Balaban J connectivity index is 1.66. The van der Waals surface area contributed by atoms with Gasteiger partial charge in [0.2, 0.25) is 0 Å². The Hall–Kier alpha value is -2.58. The van der Waals surface area contributed by atoms with Crippen molar-refractivity contribution in [2.75, 3.05) is 6.61 Å². The van der Waals surface area contributed by atoms with Crippen LogP contribution in [0.2, 0.25) is 0 Å². The van der Waals surface area contributed by atoms with E-state index in [0.717, 1.165) is 44.3 Å². The highest BCUT2D eigenvalue weighted by Gasteiger charge is 2.11. The summed E-state index contributed by atoms with van der Waals surface area (Å²) < 4.78 is 6.19. The van der Waals surface area contributed by atoms with Crippen molar-refractivity contribution in [3.63, 3.8) is 0 Å². The zero-order chi connectivity index (χ0) is 24.9. The molecule has 0 aliphatic heterocycles. The Morgan fingerprint density at radius 2 is 1.20 bits per heavy atom. The van der Waals surface area contributed by atoms with E-state index in [4.69, 9.17) is 9.84 Å². The molecule has 0 unspecified atom stereocenters. The van der Waals surface area contributed by atoms with Gasteiger partial charge in [0.15, 0.2) is 0 Å². The highest BCUT2D eigenvalue weighted by atomic mass is 16.5. The SMILES string of the molecule is CCCCCc1ccc(COc2ccc(-c3ccc(CCCCCO)cc3CC)c(CC)c2)cc1. The topological polar surface area (TPSA) is 29.5 Å². The number of unbranched alkanes of at least 4 members (excludes halogenated alkanes) is 4. The molecule has 0 heterocycles. The van der Waals surface area contributed by atoms with Gasteiger partial charge in [-0.15, -0.1) is 0 Å². The highest BCUT2D eigenvalue weighted by Crippen LogP contribution is 2.32. The van der Waals surface area contributed by atoms with E-state index in [0.29, 0.717) is 13.2 Å². The van der Waals surface area contributed by atoms with Gasteiger partial charge in [0.05, 0.1) is 0 Å². The van der Waals surface area contributed by atoms with Gasteiger partial charge in [-0.2, -0.15) is 0 Å². The number of hydrogen-bond donors (Lipinski definition) is 1. The maximum Gasteiger partial charge on any atom is 0.120 e. The molecule has 2 heteroatoms. The molecule has 188 valence electrons. The van der Waals surface area contributed by atoms with Crippen LogP contribution in [0.1, 0.15) is 87.1 Å². The molecule has 0 aliphatic carbocycles. The summed E-state index contributed by atoms with van der Waals surface area (Å²) in [4.78, 5) is 0. The third kappa shape index (κ3) is 8.25. The zero-order valence-electron chi connectivity index (χ0n) is 22.1.